The fourth-order valence-electron chi connectivity index (χ4n) is 3.26. The maximum Gasteiger partial charge on any atom is 0.184 e. The van der Waals surface area contributed by atoms with Gasteiger partial charge in [-0.05, 0) is 30.2 Å². The van der Waals surface area contributed by atoms with Crippen molar-refractivity contribution in [2.45, 2.75) is 26.1 Å². The molecule has 2 aromatic carbocycles. The summed E-state index contributed by atoms with van der Waals surface area (Å²) in [7, 11) is 0. The normalized spacial score (nSPS) is 18.5. The summed E-state index contributed by atoms with van der Waals surface area (Å²) in [5.74, 6) is 0. The van der Waals surface area contributed by atoms with Gasteiger partial charge in [-0.15, -0.1) is 0 Å². The van der Waals surface area contributed by atoms with E-state index in [0.29, 0.717) is 6.10 Å². The zero-order valence-corrected chi connectivity index (χ0v) is 15.3. The summed E-state index contributed by atoms with van der Waals surface area (Å²) < 4.78 is 6.85. The van der Waals surface area contributed by atoms with Crippen LogP contribution in [0.4, 0.5) is 5.13 Å². The molecule has 3 aromatic rings. The van der Waals surface area contributed by atoms with Gasteiger partial charge in [0.15, 0.2) is 5.13 Å². The Bertz CT molecular complexity index is 815. The number of hydrogen-bond donors (Lipinski definition) is 1. The number of para-hydroxylation sites is 1. The van der Waals surface area contributed by atoms with Crippen LogP contribution in [0, 0.1) is 0 Å². The lowest BCUT2D eigenvalue weighted by Gasteiger charge is -2.31. The van der Waals surface area contributed by atoms with Crippen LogP contribution in [-0.4, -0.2) is 35.7 Å². The molecule has 0 spiro atoms. The number of benzene rings is 2. The number of morpholine rings is 1. The molecule has 4 rings (SSSR count). The van der Waals surface area contributed by atoms with Crippen molar-refractivity contribution in [1.29, 1.82) is 0 Å². The van der Waals surface area contributed by atoms with E-state index < -0.39 is 0 Å². The third kappa shape index (κ3) is 4.18. The first-order valence-electron chi connectivity index (χ1n) is 8.77. The Balaban J connectivity index is 1.39. The highest BCUT2D eigenvalue weighted by Crippen LogP contribution is 2.25. The number of fused-ring (bicyclic) bond motifs is 1. The van der Waals surface area contributed by atoms with Gasteiger partial charge in [0.2, 0.25) is 0 Å². The molecule has 25 heavy (non-hydrogen) atoms. The van der Waals surface area contributed by atoms with Crippen molar-refractivity contribution in [3.63, 3.8) is 0 Å². The van der Waals surface area contributed by atoms with Gasteiger partial charge in [0.25, 0.3) is 0 Å². The standard InChI is InChI=1S/C20H23N3OS/c1-15-13-23(9-10-24-15)14-17-6-4-5-16(11-17)12-21-20-22-18-7-2-3-8-19(18)25-20/h2-8,11,15H,9-10,12-14H2,1H3,(H,21,22). The van der Waals surface area contributed by atoms with Gasteiger partial charge in [0.1, 0.15) is 0 Å². The molecule has 0 saturated carbocycles. The van der Waals surface area contributed by atoms with Gasteiger partial charge >= 0.3 is 0 Å². The number of hydrogen-bond acceptors (Lipinski definition) is 5. The highest BCUT2D eigenvalue weighted by atomic mass is 32.1. The minimum absolute atomic E-state index is 0.331. The molecule has 2 heterocycles. The van der Waals surface area contributed by atoms with Crippen LogP contribution in [0.5, 0.6) is 0 Å². The molecule has 1 fully saturated rings. The van der Waals surface area contributed by atoms with Crippen molar-refractivity contribution in [3.05, 3.63) is 59.7 Å². The zero-order valence-electron chi connectivity index (χ0n) is 14.4. The molecule has 130 valence electrons. The Kier molecular flexibility index (Phi) is 4.97. The maximum absolute atomic E-state index is 5.62. The molecule has 0 radical (unpaired) electrons. The molecule has 0 amide bonds. The van der Waals surface area contributed by atoms with Crippen LogP contribution in [0.3, 0.4) is 0 Å². The lowest BCUT2D eigenvalue weighted by Crippen LogP contribution is -2.40. The summed E-state index contributed by atoms with van der Waals surface area (Å²) in [5, 5.41) is 4.44. The van der Waals surface area contributed by atoms with E-state index in [0.717, 1.165) is 43.4 Å². The summed E-state index contributed by atoms with van der Waals surface area (Å²) in [6.45, 7) is 6.78. The third-order valence-electron chi connectivity index (χ3n) is 4.46. The lowest BCUT2D eigenvalue weighted by molar-refractivity contribution is -0.0212. The van der Waals surface area contributed by atoms with E-state index in [2.05, 4.69) is 64.6 Å². The van der Waals surface area contributed by atoms with Gasteiger partial charge < -0.3 is 10.1 Å². The molecule has 4 nitrogen and oxygen atoms in total. The Morgan fingerprint density at radius 2 is 2.08 bits per heavy atom. The highest BCUT2D eigenvalue weighted by Gasteiger charge is 2.16. The molecule has 0 bridgehead atoms. The van der Waals surface area contributed by atoms with Crippen molar-refractivity contribution in [1.82, 2.24) is 9.88 Å². The molecular weight excluding hydrogens is 330 g/mol. The SMILES string of the molecule is CC1CN(Cc2cccc(CNc3nc4ccccc4s3)c2)CCO1. The maximum atomic E-state index is 5.62. The number of nitrogens with one attached hydrogen (secondary N) is 1. The van der Waals surface area contributed by atoms with Crippen LogP contribution in [0.15, 0.2) is 48.5 Å². The lowest BCUT2D eigenvalue weighted by atomic mass is 10.1. The topological polar surface area (TPSA) is 37.4 Å². The van der Waals surface area contributed by atoms with E-state index in [1.807, 2.05) is 6.07 Å². The molecule has 1 aromatic heterocycles. The first-order valence-corrected chi connectivity index (χ1v) is 9.59. The van der Waals surface area contributed by atoms with E-state index in [1.165, 1.54) is 15.8 Å². The van der Waals surface area contributed by atoms with Crippen LogP contribution in [0.1, 0.15) is 18.1 Å². The summed E-state index contributed by atoms with van der Waals surface area (Å²) in [6.07, 6.45) is 0.331. The van der Waals surface area contributed by atoms with E-state index in [-0.39, 0.29) is 0 Å². The molecule has 1 N–H and O–H groups in total. The fraction of sp³-hybridized carbons (Fsp3) is 0.350. The predicted molar refractivity (Wildman–Crippen MR) is 104 cm³/mol. The van der Waals surface area contributed by atoms with E-state index in [1.54, 1.807) is 11.3 Å². The van der Waals surface area contributed by atoms with Gasteiger partial charge in [-0.1, -0.05) is 47.7 Å². The number of ether oxygens (including phenoxy) is 1. The Morgan fingerprint density at radius 1 is 1.20 bits per heavy atom. The van der Waals surface area contributed by atoms with Gasteiger partial charge in [-0.2, -0.15) is 0 Å². The van der Waals surface area contributed by atoms with E-state index in [4.69, 9.17) is 4.74 Å². The number of thiazole rings is 1. The fourth-order valence-corrected chi connectivity index (χ4v) is 4.12. The monoisotopic (exact) mass is 353 g/mol. The second-order valence-corrected chi connectivity index (χ2v) is 7.61. The number of anilines is 1. The van der Waals surface area contributed by atoms with Crippen molar-refractivity contribution in [2.24, 2.45) is 0 Å². The largest absolute Gasteiger partial charge is 0.376 e. The van der Waals surface area contributed by atoms with Crippen molar-refractivity contribution < 1.29 is 4.74 Å². The van der Waals surface area contributed by atoms with Crippen molar-refractivity contribution >= 4 is 26.7 Å². The van der Waals surface area contributed by atoms with Crippen molar-refractivity contribution in [2.75, 3.05) is 25.0 Å². The summed E-state index contributed by atoms with van der Waals surface area (Å²) >= 11 is 1.71. The van der Waals surface area contributed by atoms with E-state index >= 15 is 0 Å². The summed E-state index contributed by atoms with van der Waals surface area (Å²) in [5.41, 5.74) is 3.71. The molecule has 1 aliphatic rings. The minimum Gasteiger partial charge on any atom is -0.376 e. The first-order chi connectivity index (χ1) is 12.3. The van der Waals surface area contributed by atoms with Crippen LogP contribution in [-0.2, 0) is 17.8 Å². The second kappa shape index (κ2) is 7.52. The van der Waals surface area contributed by atoms with E-state index in [9.17, 15) is 0 Å². The third-order valence-corrected chi connectivity index (χ3v) is 5.45. The molecule has 1 atom stereocenters. The average molecular weight is 353 g/mol. The van der Waals surface area contributed by atoms with Crippen LogP contribution in [0.2, 0.25) is 0 Å². The molecule has 1 aliphatic heterocycles. The predicted octanol–water partition coefficient (Wildman–Crippen LogP) is 4.13. The molecule has 1 unspecified atom stereocenters. The molecule has 5 heteroatoms. The van der Waals surface area contributed by atoms with Crippen LogP contribution >= 0.6 is 11.3 Å². The minimum atomic E-state index is 0.331. The summed E-state index contributed by atoms with van der Waals surface area (Å²) in [6, 6.07) is 17.1. The quantitative estimate of drug-likeness (QED) is 0.748. The molecular formula is C20H23N3OS. The van der Waals surface area contributed by atoms with Crippen LogP contribution in [0.25, 0.3) is 10.2 Å². The van der Waals surface area contributed by atoms with Gasteiger partial charge in [-0.3, -0.25) is 4.90 Å². The molecule has 0 aliphatic carbocycles. The zero-order chi connectivity index (χ0) is 17.1. The molecule has 1 saturated heterocycles. The first kappa shape index (κ1) is 16.5. The van der Waals surface area contributed by atoms with Gasteiger partial charge in [0, 0.05) is 26.2 Å². The second-order valence-electron chi connectivity index (χ2n) is 6.58. The summed E-state index contributed by atoms with van der Waals surface area (Å²) in [4.78, 5) is 7.10. The van der Waals surface area contributed by atoms with Gasteiger partial charge in [-0.25, -0.2) is 4.98 Å². The Morgan fingerprint density at radius 3 is 2.96 bits per heavy atom. The smallest absolute Gasteiger partial charge is 0.184 e. The number of aromatic nitrogens is 1. The number of nitrogens with zero attached hydrogens (tertiary/aromatic N) is 2. The Labute approximate surface area is 152 Å². The number of rotatable bonds is 5. The Hall–Kier alpha value is -1.95. The van der Waals surface area contributed by atoms with Crippen molar-refractivity contribution in [3.8, 4) is 0 Å². The average Bonchev–Trinajstić information content (AvgIpc) is 3.03. The van der Waals surface area contributed by atoms with Gasteiger partial charge in [0.05, 0.1) is 22.9 Å². The highest BCUT2D eigenvalue weighted by molar-refractivity contribution is 7.22. The van der Waals surface area contributed by atoms with Crippen LogP contribution < -0.4 is 5.32 Å².